The summed E-state index contributed by atoms with van der Waals surface area (Å²) < 4.78 is 11.9. The number of rotatable bonds is 4. The van der Waals surface area contributed by atoms with Crippen molar-refractivity contribution in [2.45, 2.75) is 72.7 Å². The quantitative estimate of drug-likeness (QED) is 0.731. The number of hydrogen-bond acceptors (Lipinski definition) is 2. The topological polar surface area (TPSA) is 18.5 Å². The van der Waals surface area contributed by atoms with Crippen molar-refractivity contribution in [2.24, 2.45) is 11.3 Å². The standard InChI is InChI=1S/C14H28O2/c1-7-12-13(10(2)11(3)16-12)15-9-8-14(4,5)6/h10-13H,7-9H2,1-6H3. The van der Waals surface area contributed by atoms with E-state index in [1.165, 1.54) is 0 Å². The average Bonchev–Trinajstić information content (AvgIpc) is 2.43. The second-order valence-electron chi connectivity index (χ2n) is 6.29. The SMILES string of the molecule is CCC1OC(C)C(C)C1OCCC(C)(C)C. The Hall–Kier alpha value is -0.0800. The fourth-order valence-electron chi connectivity index (χ4n) is 2.17. The molecule has 2 nitrogen and oxygen atoms in total. The predicted molar refractivity (Wildman–Crippen MR) is 67.6 cm³/mol. The van der Waals surface area contributed by atoms with Gasteiger partial charge in [-0.1, -0.05) is 34.6 Å². The Labute approximate surface area is 101 Å². The molecular weight excluding hydrogens is 200 g/mol. The lowest BCUT2D eigenvalue weighted by atomic mass is 9.92. The Morgan fingerprint density at radius 1 is 1.19 bits per heavy atom. The monoisotopic (exact) mass is 228 g/mol. The van der Waals surface area contributed by atoms with Crippen molar-refractivity contribution in [1.82, 2.24) is 0 Å². The first-order valence-corrected chi connectivity index (χ1v) is 6.62. The van der Waals surface area contributed by atoms with E-state index in [1.807, 2.05) is 0 Å². The molecule has 0 aromatic rings. The molecule has 96 valence electrons. The highest BCUT2D eigenvalue weighted by molar-refractivity contribution is 4.86. The summed E-state index contributed by atoms with van der Waals surface area (Å²) in [6.45, 7) is 14.2. The van der Waals surface area contributed by atoms with Gasteiger partial charge < -0.3 is 9.47 Å². The molecule has 1 heterocycles. The molecule has 0 aromatic heterocycles. The minimum atomic E-state index is 0.294. The molecule has 1 rings (SSSR count). The van der Waals surface area contributed by atoms with Crippen LogP contribution in [-0.2, 0) is 9.47 Å². The molecule has 0 bridgehead atoms. The highest BCUT2D eigenvalue weighted by Crippen LogP contribution is 2.31. The molecule has 4 unspecified atom stereocenters. The van der Waals surface area contributed by atoms with E-state index in [-0.39, 0.29) is 0 Å². The van der Waals surface area contributed by atoms with Gasteiger partial charge in [-0.2, -0.15) is 0 Å². The van der Waals surface area contributed by atoms with E-state index in [0.717, 1.165) is 19.4 Å². The lowest BCUT2D eigenvalue weighted by molar-refractivity contribution is -0.0304. The van der Waals surface area contributed by atoms with Crippen LogP contribution in [-0.4, -0.2) is 24.9 Å². The first kappa shape index (κ1) is 14.0. The molecule has 0 N–H and O–H groups in total. The molecule has 0 amide bonds. The fourth-order valence-corrected chi connectivity index (χ4v) is 2.17. The largest absolute Gasteiger partial charge is 0.375 e. The van der Waals surface area contributed by atoms with Gasteiger partial charge in [0.2, 0.25) is 0 Å². The second-order valence-corrected chi connectivity index (χ2v) is 6.29. The van der Waals surface area contributed by atoms with Crippen LogP contribution < -0.4 is 0 Å². The Kier molecular flexibility index (Phi) is 4.81. The summed E-state index contributed by atoms with van der Waals surface area (Å²) in [5, 5.41) is 0. The maximum atomic E-state index is 6.04. The van der Waals surface area contributed by atoms with Crippen LogP contribution in [0.2, 0.25) is 0 Å². The highest BCUT2D eigenvalue weighted by atomic mass is 16.6. The van der Waals surface area contributed by atoms with E-state index in [4.69, 9.17) is 9.47 Å². The molecule has 4 atom stereocenters. The Morgan fingerprint density at radius 2 is 1.81 bits per heavy atom. The van der Waals surface area contributed by atoms with Gasteiger partial charge in [0.05, 0.1) is 18.3 Å². The molecule has 2 heteroatoms. The van der Waals surface area contributed by atoms with Crippen molar-refractivity contribution < 1.29 is 9.47 Å². The lowest BCUT2D eigenvalue weighted by Gasteiger charge is -2.24. The van der Waals surface area contributed by atoms with Gasteiger partial charge in [0.25, 0.3) is 0 Å². The van der Waals surface area contributed by atoms with Crippen LogP contribution in [0.3, 0.4) is 0 Å². The summed E-state index contributed by atoms with van der Waals surface area (Å²) in [6.07, 6.45) is 3.09. The van der Waals surface area contributed by atoms with E-state index >= 15 is 0 Å². The summed E-state index contributed by atoms with van der Waals surface area (Å²) in [5.41, 5.74) is 0.357. The zero-order chi connectivity index (χ0) is 12.3. The van der Waals surface area contributed by atoms with Gasteiger partial charge in [0.1, 0.15) is 0 Å². The molecule has 0 radical (unpaired) electrons. The molecule has 0 spiro atoms. The molecule has 0 aromatic carbocycles. The van der Waals surface area contributed by atoms with Crippen LogP contribution >= 0.6 is 0 Å². The van der Waals surface area contributed by atoms with Crippen molar-refractivity contribution in [3.63, 3.8) is 0 Å². The molecule has 0 saturated carbocycles. The van der Waals surface area contributed by atoms with Gasteiger partial charge in [-0.15, -0.1) is 0 Å². The van der Waals surface area contributed by atoms with E-state index in [1.54, 1.807) is 0 Å². The van der Waals surface area contributed by atoms with Gasteiger partial charge in [0.15, 0.2) is 0 Å². The van der Waals surface area contributed by atoms with Crippen molar-refractivity contribution in [3.8, 4) is 0 Å². The van der Waals surface area contributed by atoms with E-state index in [2.05, 4.69) is 41.5 Å². The van der Waals surface area contributed by atoms with Gasteiger partial charge >= 0.3 is 0 Å². The molecule has 1 fully saturated rings. The summed E-state index contributed by atoms with van der Waals surface area (Å²) in [6, 6.07) is 0. The van der Waals surface area contributed by atoms with E-state index in [9.17, 15) is 0 Å². The Balaban J connectivity index is 2.40. The van der Waals surface area contributed by atoms with Crippen LogP contribution in [0.1, 0.15) is 54.4 Å². The van der Waals surface area contributed by atoms with E-state index in [0.29, 0.717) is 29.6 Å². The zero-order valence-electron chi connectivity index (χ0n) is 11.7. The van der Waals surface area contributed by atoms with Gasteiger partial charge in [-0.25, -0.2) is 0 Å². The summed E-state index contributed by atoms with van der Waals surface area (Å²) >= 11 is 0. The third-order valence-electron chi connectivity index (χ3n) is 3.58. The van der Waals surface area contributed by atoms with Crippen LogP contribution in [0.5, 0.6) is 0 Å². The first-order valence-electron chi connectivity index (χ1n) is 6.62. The van der Waals surface area contributed by atoms with Gasteiger partial charge in [-0.05, 0) is 25.2 Å². The average molecular weight is 228 g/mol. The van der Waals surface area contributed by atoms with Crippen molar-refractivity contribution in [1.29, 1.82) is 0 Å². The van der Waals surface area contributed by atoms with E-state index < -0.39 is 0 Å². The highest BCUT2D eigenvalue weighted by Gasteiger charge is 2.39. The zero-order valence-corrected chi connectivity index (χ0v) is 11.7. The summed E-state index contributed by atoms with van der Waals surface area (Å²) in [7, 11) is 0. The van der Waals surface area contributed by atoms with Crippen molar-refractivity contribution in [3.05, 3.63) is 0 Å². The number of ether oxygens (including phenoxy) is 2. The maximum Gasteiger partial charge on any atom is 0.0886 e. The van der Waals surface area contributed by atoms with Crippen LogP contribution in [0.15, 0.2) is 0 Å². The molecule has 0 aliphatic carbocycles. The lowest BCUT2D eigenvalue weighted by Crippen LogP contribution is -2.30. The van der Waals surface area contributed by atoms with Crippen molar-refractivity contribution in [2.75, 3.05) is 6.61 Å². The first-order chi connectivity index (χ1) is 7.35. The Morgan fingerprint density at radius 3 is 2.31 bits per heavy atom. The molecule has 1 saturated heterocycles. The fraction of sp³-hybridized carbons (Fsp3) is 1.00. The molecule has 1 aliphatic heterocycles. The van der Waals surface area contributed by atoms with Crippen LogP contribution in [0.4, 0.5) is 0 Å². The number of hydrogen-bond donors (Lipinski definition) is 0. The minimum Gasteiger partial charge on any atom is -0.375 e. The third-order valence-corrected chi connectivity index (χ3v) is 3.58. The molecule has 1 aliphatic rings. The predicted octanol–water partition coefficient (Wildman–Crippen LogP) is 3.64. The Bertz CT molecular complexity index is 207. The molecule has 16 heavy (non-hydrogen) atoms. The maximum absolute atomic E-state index is 6.04. The molecular formula is C14H28O2. The second kappa shape index (κ2) is 5.50. The normalized spacial score (nSPS) is 35.6. The summed E-state index contributed by atoms with van der Waals surface area (Å²) in [5.74, 6) is 0.518. The van der Waals surface area contributed by atoms with Crippen LogP contribution in [0.25, 0.3) is 0 Å². The summed E-state index contributed by atoms with van der Waals surface area (Å²) in [4.78, 5) is 0. The van der Waals surface area contributed by atoms with Crippen molar-refractivity contribution >= 4 is 0 Å². The minimum absolute atomic E-state index is 0.294. The van der Waals surface area contributed by atoms with Crippen LogP contribution in [0, 0.1) is 11.3 Å². The third kappa shape index (κ3) is 3.74. The smallest absolute Gasteiger partial charge is 0.0886 e. The van der Waals surface area contributed by atoms with Gasteiger partial charge in [-0.3, -0.25) is 0 Å². The van der Waals surface area contributed by atoms with Gasteiger partial charge in [0, 0.05) is 12.5 Å².